The highest BCUT2D eigenvalue weighted by Gasteiger charge is 2.09. The van der Waals surface area contributed by atoms with Gasteiger partial charge in [-0.3, -0.25) is 4.79 Å². The largest absolute Gasteiger partial charge is 0.377 e. The molecule has 0 aromatic rings. The van der Waals surface area contributed by atoms with E-state index >= 15 is 0 Å². The van der Waals surface area contributed by atoms with E-state index in [-0.39, 0.29) is 5.78 Å². The molecular weight excluding hydrogens is 150 g/mol. The Morgan fingerprint density at radius 3 is 2.50 bits per heavy atom. The number of nitrogens with zero attached hydrogens (tertiary/aromatic N) is 1. The van der Waals surface area contributed by atoms with Crippen molar-refractivity contribution in [2.45, 2.75) is 33.1 Å². The SMILES string of the molecule is CCC(=O)C(C)=CN1CCCC1. The molecule has 0 aromatic heterocycles. The second kappa shape index (κ2) is 4.29. The zero-order valence-electron chi connectivity index (χ0n) is 7.97. The van der Waals surface area contributed by atoms with Crippen LogP contribution in [-0.2, 0) is 4.79 Å². The Morgan fingerprint density at radius 2 is 2.00 bits per heavy atom. The van der Waals surface area contributed by atoms with Gasteiger partial charge in [0.15, 0.2) is 5.78 Å². The quantitative estimate of drug-likeness (QED) is 0.599. The number of hydrogen-bond acceptors (Lipinski definition) is 2. The van der Waals surface area contributed by atoms with Crippen molar-refractivity contribution in [1.82, 2.24) is 4.90 Å². The fraction of sp³-hybridized carbons (Fsp3) is 0.700. The molecule has 0 aromatic carbocycles. The number of hydrogen-bond donors (Lipinski definition) is 0. The molecule has 1 saturated heterocycles. The molecule has 0 aliphatic carbocycles. The maximum Gasteiger partial charge on any atom is 0.159 e. The van der Waals surface area contributed by atoms with Gasteiger partial charge < -0.3 is 4.90 Å². The summed E-state index contributed by atoms with van der Waals surface area (Å²) in [6.45, 7) is 6.05. The lowest BCUT2D eigenvalue weighted by atomic mass is 10.2. The fourth-order valence-corrected chi connectivity index (χ4v) is 1.50. The van der Waals surface area contributed by atoms with Crippen molar-refractivity contribution in [2.24, 2.45) is 0 Å². The number of carbonyl (C=O) groups is 1. The average Bonchev–Trinajstić information content (AvgIpc) is 2.55. The van der Waals surface area contributed by atoms with E-state index in [1.807, 2.05) is 20.0 Å². The second-order valence-electron chi connectivity index (χ2n) is 3.33. The number of Topliss-reactive ketones (excluding diaryl/α,β-unsaturated/α-hetero) is 1. The van der Waals surface area contributed by atoms with Gasteiger partial charge in [0, 0.05) is 31.3 Å². The van der Waals surface area contributed by atoms with Gasteiger partial charge in [0.25, 0.3) is 0 Å². The third-order valence-corrected chi connectivity index (χ3v) is 2.28. The van der Waals surface area contributed by atoms with E-state index in [0.717, 1.165) is 18.7 Å². The smallest absolute Gasteiger partial charge is 0.159 e. The molecule has 0 amide bonds. The lowest BCUT2D eigenvalue weighted by Gasteiger charge is -2.11. The van der Waals surface area contributed by atoms with E-state index in [2.05, 4.69) is 4.90 Å². The van der Waals surface area contributed by atoms with Gasteiger partial charge in [0.2, 0.25) is 0 Å². The number of ketones is 1. The van der Waals surface area contributed by atoms with Crippen molar-refractivity contribution in [2.75, 3.05) is 13.1 Å². The molecular formula is C10H17NO. The van der Waals surface area contributed by atoms with Crippen LogP contribution in [0, 0.1) is 0 Å². The summed E-state index contributed by atoms with van der Waals surface area (Å²) >= 11 is 0. The molecule has 0 unspecified atom stereocenters. The van der Waals surface area contributed by atoms with Crippen LogP contribution in [0.15, 0.2) is 11.8 Å². The zero-order valence-corrected chi connectivity index (χ0v) is 7.97. The molecule has 1 rings (SSSR count). The molecule has 0 N–H and O–H groups in total. The van der Waals surface area contributed by atoms with Crippen LogP contribution in [0.1, 0.15) is 33.1 Å². The maximum absolute atomic E-state index is 11.2. The topological polar surface area (TPSA) is 20.3 Å². The molecule has 68 valence electrons. The third kappa shape index (κ3) is 2.36. The number of carbonyl (C=O) groups excluding carboxylic acids is 1. The maximum atomic E-state index is 11.2. The highest BCUT2D eigenvalue weighted by atomic mass is 16.1. The molecule has 1 aliphatic heterocycles. The number of allylic oxidation sites excluding steroid dienone is 1. The molecule has 12 heavy (non-hydrogen) atoms. The average molecular weight is 167 g/mol. The standard InChI is InChI=1S/C10H17NO/c1-3-10(12)9(2)8-11-6-4-5-7-11/h8H,3-7H2,1-2H3. The van der Waals surface area contributed by atoms with Crippen molar-refractivity contribution in [3.05, 3.63) is 11.8 Å². The van der Waals surface area contributed by atoms with Gasteiger partial charge in [-0.15, -0.1) is 0 Å². The minimum Gasteiger partial charge on any atom is -0.377 e. The van der Waals surface area contributed by atoms with Crippen LogP contribution in [-0.4, -0.2) is 23.8 Å². The molecule has 0 spiro atoms. The summed E-state index contributed by atoms with van der Waals surface area (Å²) in [5, 5.41) is 0. The predicted octanol–water partition coefficient (Wildman–Crippen LogP) is 1.97. The molecule has 2 heteroatoms. The van der Waals surface area contributed by atoms with Crippen LogP contribution in [0.2, 0.25) is 0 Å². The fourth-order valence-electron chi connectivity index (χ4n) is 1.50. The molecule has 0 atom stereocenters. The number of likely N-dealkylation sites (tertiary alicyclic amines) is 1. The lowest BCUT2D eigenvalue weighted by Crippen LogP contribution is -2.13. The summed E-state index contributed by atoms with van der Waals surface area (Å²) in [6, 6.07) is 0. The molecule has 0 radical (unpaired) electrons. The Kier molecular flexibility index (Phi) is 3.32. The third-order valence-electron chi connectivity index (χ3n) is 2.28. The Hall–Kier alpha value is -0.790. The Morgan fingerprint density at radius 1 is 1.42 bits per heavy atom. The van der Waals surface area contributed by atoms with Crippen molar-refractivity contribution in [3.63, 3.8) is 0 Å². The van der Waals surface area contributed by atoms with E-state index < -0.39 is 0 Å². The van der Waals surface area contributed by atoms with E-state index in [4.69, 9.17) is 0 Å². The molecule has 0 bridgehead atoms. The summed E-state index contributed by atoms with van der Waals surface area (Å²) in [4.78, 5) is 13.4. The minimum atomic E-state index is 0.266. The first kappa shape index (κ1) is 9.30. The van der Waals surface area contributed by atoms with Gasteiger partial charge in [0.05, 0.1) is 0 Å². The van der Waals surface area contributed by atoms with Crippen LogP contribution in [0.25, 0.3) is 0 Å². The highest BCUT2D eigenvalue weighted by molar-refractivity contribution is 5.94. The van der Waals surface area contributed by atoms with E-state index in [0.29, 0.717) is 6.42 Å². The van der Waals surface area contributed by atoms with Crippen LogP contribution in [0.4, 0.5) is 0 Å². The second-order valence-corrected chi connectivity index (χ2v) is 3.33. The minimum absolute atomic E-state index is 0.266. The van der Waals surface area contributed by atoms with Crippen LogP contribution >= 0.6 is 0 Å². The first-order valence-electron chi connectivity index (χ1n) is 4.69. The Bertz CT molecular complexity index is 190. The van der Waals surface area contributed by atoms with Crippen LogP contribution < -0.4 is 0 Å². The summed E-state index contributed by atoms with van der Waals surface area (Å²) in [5.41, 5.74) is 0.902. The molecule has 1 heterocycles. The normalized spacial score (nSPS) is 18.5. The summed E-state index contributed by atoms with van der Waals surface area (Å²) in [5.74, 6) is 0.266. The zero-order chi connectivity index (χ0) is 8.97. The summed E-state index contributed by atoms with van der Waals surface area (Å²) in [7, 11) is 0. The van der Waals surface area contributed by atoms with Crippen molar-refractivity contribution < 1.29 is 4.79 Å². The van der Waals surface area contributed by atoms with Crippen LogP contribution in [0.3, 0.4) is 0 Å². The van der Waals surface area contributed by atoms with Gasteiger partial charge in [-0.25, -0.2) is 0 Å². The molecule has 0 saturated carbocycles. The predicted molar refractivity (Wildman–Crippen MR) is 49.9 cm³/mol. The van der Waals surface area contributed by atoms with E-state index in [1.165, 1.54) is 12.8 Å². The van der Waals surface area contributed by atoms with Crippen LogP contribution in [0.5, 0.6) is 0 Å². The van der Waals surface area contributed by atoms with E-state index in [9.17, 15) is 4.79 Å². The first-order chi connectivity index (χ1) is 5.74. The summed E-state index contributed by atoms with van der Waals surface area (Å²) < 4.78 is 0. The molecule has 1 fully saturated rings. The van der Waals surface area contributed by atoms with Gasteiger partial charge in [-0.05, 0) is 19.8 Å². The van der Waals surface area contributed by atoms with Crippen molar-refractivity contribution in [1.29, 1.82) is 0 Å². The first-order valence-corrected chi connectivity index (χ1v) is 4.69. The van der Waals surface area contributed by atoms with E-state index in [1.54, 1.807) is 0 Å². The highest BCUT2D eigenvalue weighted by Crippen LogP contribution is 2.10. The molecule has 1 aliphatic rings. The van der Waals surface area contributed by atoms with Crippen molar-refractivity contribution >= 4 is 5.78 Å². The van der Waals surface area contributed by atoms with Gasteiger partial charge in [-0.2, -0.15) is 0 Å². The van der Waals surface area contributed by atoms with Gasteiger partial charge in [0.1, 0.15) is 0 Å². The van der Waals surface area contributed by atoms with Crippen molar-refractivity contribution in [3.8, 4) is 0 Å². The Labute approximate surface area is 74.2 Å². The lowest BCUT2D eigenvalue weighted by molar-refractivity contribution is -0.115. The number of rotatable bonds is 3. The molecule has 2 nitrogen and oxygen atoms in total. The van der Waals surface area contributed by atoms with Gasteiger partial charge in [-0.1, -0.05) is 6.92 Å². The Balaban J connectivity index is 2.48. The monoisotopic (exact) mass is 167 g/mol. The van der Waals surface area contributed by atoms with Gasteiger partial charge >= 0.3 is 0 Å². The summed E-state index contributed by atoms with van der Waals surface area (Å²) in [6.07, 6.45) is 5.17.